The molecule has 0 aliphatic heterocycles. The minimum atomic E-state index is -1.86. The Hall–Kier alpha value is -3.97. The molecular weight excluding hydrogens is 460 g/mol. The van der Waals surface area contributed by atoms with Crippen molar-refractivity contribution in [3.8, 4) is 5.75 Å². The number of nitroso groups, excluding NO2 is 3. The third-order valence-corrected chi connectivity index (χ3v) is 6.18. The number of ether oxygens (including phenoxy) is 1. The molecule has 2 N–H and O–H groups in total. The van der Waals surface area contributed by atoms with Crippen LogP contribution in [0.1, 0.15) is 48.3 Å². The Morgan fingerprint density at radius 2 is 1.86 bits per heavy atom. The predicted molar refractivity (Wildman–Crippen MR) is 125 cm³/mol. The van der Waals surface area contributed by atoms with E-state index < -0.39 is 31.1 Å². The molecule has 15 nitrogen and oxygen atoms in total. The Balaban J connectivity index is 2.03. The fourth-order valence-corrected chi connectivity index (χ4v) is 4.27. The summed E-state index contributed by atoms with van der Waals surface area (Å²) in [4.78, 5) is 53.8. The number of fused-ring (bicyclic) bond motifs is 1. The summed E-state index contributed by atoms with van der Waals surface area (Å²) in [6, 6.07) is 3.37. The van der Waals surface area contributed by atoms with Gasteiger partial charge in [0.2, 0.25) is 0 Å². The van der Waals surface area contributed by atoms with E-state index in [0.29, 0.717) is 28.9 Å². The van der Waals surface area contributed by atoms with Crippen LogP contribution in [0.25, 0.3) is 16.1 Å². The van der Waals surface area contributed by atoms with Crippen molar-refractivity contribution in [1.82, 2.24) is 14.4 Å². The van der Waals surface area contributed by atoms with Gasteiger partial charge in [-0.1, -0.05) is 39.9 Å². The summed E-state index contributed by atoms with van der Waals surface area (Å²) in [5, 5.41) is 12.2. The van der Waals surface area contributed by atoms with Crippen molar-refractivity contribution >= 4 is 11.6 Å². The number of aromatic nitrogens is 2. The second-order valence-corrected chi connectivity index (χ2v) is 8.44. The van der Waals surface area contributed by atoms with Crippen LogP contribution in [0.5, 0.6) is 5.75 Å². The van der Waals surface area contributed by atoms with Crippen LogP contribution in [0, 0.1) is 20.6 Å². The van der Waals surface area contributed by atoms with Gasteiger partial charge < -0.3 is 4.74 Å². The number of hydrazine groups is 1. The van der Waals surface area contributed by atoms with Crippen LogP contribution in [-0.2, 0) is 6.54 Å². The van der Waals surface area contributed by atoms with Crippen LogP contribution in [0.3, 0.4) is 0 Å². The number of nitrogens with two attached hydrogens (primary N) is 1. The average molecular weight is 486 g/mol. The van der Waals surface area contributed by atoms with E-state index in [4.69, 9.17) is 16.1 Å². The molecule has 1 amide bonds. The summed E-state index contributed by atoms with van der Waals surface area (Å²) in [6.07, 6.45) is 7.24. The van der Waals surface area contributed by atoms with Crippen LogP contribution in [0.4, 0.5) is 0 Å². The minimum absolute atomic E-state index is 0.0862. The highest BCUT2D eigenvalue weighted by molar-refractivity contribution is 5.95. The summed E-state index contributed by atoms with van der Waals surface area (Å²) >= 11 is 0. The Morgan fingerprint density at radius 3 is 2.46 bits per heavy atom. The molecule has 35 heavy (non-hydrogen) atoms. The number of amides is 1. The van der Waals surface area contributed by atoms with Crippen LogP contribution in [-0.4, -0.2) is 52.1 Å². The van der Waals surface area contributed by atoms with Gasteiger partial charge in [-0.05, 0) is 36.4 Å². The van der Waals surface area contributed by atoms with Gasteiger partial charge in [0, 0.05) is 11.1 Å². The van der Waals surface area contributed by atoms with Gasteiger partial charge in [-0.2, -0.15) is 14.7 Å². The molecule has 1 saturated carbocycles. The molecule has 2 heterocycles. The predicted octanol–water partition coefficient (Wildman–Crippen LogP) is 3.46. The first-order chi connectivity index (χ1) is 17.0. The monoisotopic (exact) mass is 486 g/mol. The lowest BCUT2D eigenvalue weighted by atomic mass is 9.90. The topological polar surface area (TPSA) is 210 Å². The number of imidazole rings is 1. The first kappa shape index (κ1) is 25.6. The van der Waals surface area contributed by atoms with Crippen molar-refractivity contribution in [3.63, 3.8) is 0 Å². The molecule has 186 valence electrons. The zero-order chi connectivity index (χ0) is 25.3. The Morgan fingerprint density at radius 1 is 1.20 bits per heavy atom. The third-order valence-electron chi connectivity index (χ3n) is 6.18. The van der Waals surface area contributed by atoms with Crippen molar-refractivity contribution in [2.45, 2.75) is 44.2 Å². The standard InChI is InChI=1S/C20H26N10O5/c21-28-23-9-15-17(19(31)30(22)20(11-24-32,12-25-33)13-26-34)29-8-4-7-16(18(29)27-15)35-10-14-5-2-1-3-6-14/h4,7-8,14H,1-3,5-6,9-13,22H2. The summed E-state index contributed by atoms with van der Waals surface area (Å²) < 4.78 is 7.46. The molecule has 1 aliphatic carbocycles. The SMILES string of the molecule is [N-]=[N+]=NCc1nc2c(OCC3CCCCC3)cccn2c1C(=O)N(N)C(CN=O)(CN=O)CN=O. The van der Waals surface area contributed by atoms with E-state index in [1.165, 1.54) is 10.8 Å². The number of azide groups is 1. The zero-order valence-corrected chi connectivity index (χ0v) is 19.0. The minimum Gasteiger partial charge on any atom is -0.489 e. The highest BCUT2D eigenvalue weighted by Crippen LogP contribution is 2.28. The van der Waals surface area contributed by atoms with E-state index in [9.17, 15) is 19.5 Å². The lowest BCUT2D eigenvalue weighted by molar-refractivity contribution is 0.0512. The Bertz CT molecular complexity index is 1100. The Labute approximate surface area is 199 Å². The number of carbonyl (C=O) groups is 1. The van der Waals surface area contributed by atoms with Crippen LogP contribution in [0.2, 0.25) is 0 Å². The number of pyridine rings is 1. The molecule has 0 aromatic carbocycles. The lowest BCUT2D eigenvalue weighted by Gasteiger charge is -2.35. The molecule has 2 aromatic rings. The Kier molecular flexibility index (Phi) is 8.75. The number of carbonyl (C=O) groups excluding carboxylic acids is 1. The quantitative estimate of drug-likeness (QED) is 0.0846. The molecule has 1 fully saturated rings. The summed E-state index contributed by atoms with van der Waals surface area (Å²) in [6.45, 7) is -1.86. The maximum atomic E-state index is 13.5. The fraction of sp³-hybridized carbons (Fsp3) is 0.600. The van der Waals surface area contributed by atoms with Crippen molar-refractivity contribution in [2.24, 2.45) is 32.4 Å². The largest absolute Gasteiger partial charge is 0.489 e. The lowest BCUT2D eigenvalue weighted by Crippen LogP contribution is -2.61. The van der Waals surface area contributed by atoms with E-state index in [2.05, 4.69) is 30.5 Å². The molecule has 15 heteroatoms. The van der Waals surface area contributed by atoms with Gasteiger partial charge in [0.1, 0.15) is 30.9 Å². The molecule has 0 saturated heterocycles. The van der Waals surface area contributed by atoms with Crippen molar-refractivity contribution < 1.29 is 9.53 Å². The first-order valence-electron chi connectivity index (χ1n) is 11.1. The van der Waals surface area contributed by atoms with E-state index in [-0.39, 0.29) is 17.9 Å². The van der Waals surface area contributed by atoms with Gasteiger partial charge in [0.05, 0.1) is 18.8 Å². The van der Waals surface area contributed by atoms with Crippen molar-refractivity contribution in [3.05, 3.63) is 54.9 Å². The third kappa shape index (κ3) is 5.58. The number of hydrogen-bond acceptors (Lipinski definition) is 11. The first-order valence-corrected chi connectivity index (χ1v) is 11.1. The molecule has 0 radical (unpaired) electrons. The smallest absolute Gasteiger partial charge is 0.287 e. The molecule has 1 aliphatic rings. The van der Waals surface area contributed by atoms with Crippen LogP contribution < -0.4 is 10.6 Å². The van der Waals surface area contributed by atoms with Crippen molar-refractivity contribution in [2.75, 3.05) is 26.2 Å². The maximum absolute atomic E-state index is 13.5. The van der Waals surface area contributed by atoms with Gasteiger partial charge in [-0.3, -0.25) is 14.2 Å². The number of rotatable bonds is 13. The van der Waals surface area contributed by atoms with Crippen LogP contribution in [0.15, 0.2) is 39.0 Å². The second-order valence-electron chi connectivity index (χ2n) is 8.44. The van der Waals surface area contributed by atoms with Gasteiger partial charge in [-0.25, -0.2) is 10.8 Å². The fourth-order valence-electron chi connectivity index (χ4n) is 4.27. The van der Waals surface area contributed by atoms with Gasteiger partial charge in [-0.15, -0.1) is 0 Å². The molecule has 0 atom stereocenters. The molecule has 0 bridgehead atoms. The van der Waals surface area contributed by atoms with Crippen molar-refractivity contribution in [1.29, 1.82) is 0 Å². The van der Waals surface area contributed by atoms with Gasteiger partial charge in [0.15, 0.2) is 11.4 Å². The van der Waals surface area contributed by atoms with Crippen LogP contribution >= 0.6 is 0 Å². The zero-order valence-electron chi connectivity index (χ0n) is 19.0. The molecule has 2 aromatic heterocycles. The average Bonchev–Trinajstić information content (AvgIpc) is 3.25. The molecule has 3 rings (SSSR count). The normalized spacial score (nSPS) is 14.2. The summed E-state index contributed by atoms with van der Waals surface area (Å²) in [5.41, 5.74) is 7.23. The summed E-state index contributed by atoms with van der Waals surface area (Å²) in [7, 11) is 0. The van der Waals surface area contributed by atoms with E-state index in [1.807, 2.05) is 0 Å². The molecular formula is C20H26N10O5. The van der Waals surface area contributed by atoms with E-state index in [1.54, 1.807) is 18.3 Å². The van der Waals surface area contributed by atoms with E-state index >= 15 is 0 Å². The molecule has 0 spiro atoms. The van der Waals surface area contributed by atoms with E-state index in [0.717, 1.165) is 25.7 Å². The van der Waals surface area contributed by atoms with Gasteiger partial charge in [0.25, 0.3) is 5.91 Å². The van der Waals surface area contributed by atoms with Gasteiger partial charge >= 0.3 is 0 Å². The second kappa shape index (κ2) is 11.9. The maximum Gasteiger partial charge on any atom is 0.287 e. The highest BCUT2D eigenvalue weighted by atomic mass is 16.5. The highest BCUT2D eigenvalue weighted by Gasteiger charge is 2.42. The number of hydrogen-bond donors (Lipinski definition) is 1. The number of nitrogens with zero attached hydrogens (tertiary/aromatic N) is 9. The molecule has 0 unspecified atom stereocenters. The summed E-state index contributed by atoms with van der Waals surface area (Å²) in [5.74, 6) is 5.98.